The van der Waals surface area contributed by atoms with E-state index in [0.29, 0.717) is 0 Å². The van der Waals surface area contributed by atoms with E-state index in [-0.39, 0.29) is 17.4 Å². The molecule has 1 atom stereocenters. The average Bonchev–Trinajstić information content (AvgIpc) is 3.10. The van der Waals surface area contributed by atoms with E-state index < -0.39 is 18.1 Å². The van der Waals surface area contributed by atoms with Crippen LogP contribution in [0.2, 0.25) is 0 Å². The van der Waals surface area contributed by atoms with Crippen molar-refractivity contribution in [3.8, 4) is 0 Å². The first-order valence-corrected chi connectivity index (χ1v) is 8.15. The molecule has 9 heteroatoms. The van der Waals surface area contributed by atoms with Gasteiger partial charge in [-0.25, -0.2) is 4.68 Å². The molecule has 1 saturated carbocycles. The molecule has 3 rings (SSSR count). The highest BCUT2D eigenvalue weighted by atomic mass is 19.4. The van der Waals surface area contributed by atoms with Crippen molar-refractivity contribution in [2.45, 2.75) is 50.4 Å². The quantitative estimate of drug-likeness (QED) is 0.916. The Balaban J connectivity index is 1.74. The monoisotopic (exact) mass is 353 g/mol. The van der Waals surface area contributed by atoms with Crippen LogP contribution in [0.25, 0.3) is 0 Å². The number of amides is 1. The second-order valence-electron chi connectivity index (χ2n) is 6.08. The predicted octanol–water partition coefficient (Wildman–Crippen LogP) is 3.21. The van der Waals surface area contributed by atoms with Gasteiger partial charge >= 0.3 is 6.18 Å². The number of carbonyl (C=O) groups is 1. The van der Waals surface area contributed by atoms with Crippen molar-refractivity contribution in [1.29, 1.82) is 0 Å². The Morgan fingerprint density at radius 3 is 2.64 bits per heavy atom. The van der Waals surface area contributed by atoms with E-state index in [1.165, 1.54) is 30.6 Å². The second-order valence-corrected chi connectivity index (χ2v) is 6.08. The van der Waals surface area contributed by atoms with Crippen molar-refractivity contribution in [3.05, 3.63) is 42.0 Å². The number of alkyl halides is 3. The summed E-state index contributed by atoms with van der Waals surface area (Å²) in [4.78, 5) is 15.9. The summed E-state index contributed by atoms with van der Waals surface area (Å²) in [5, 5.41) is 9.61. The van der Waals surface area contributed by atoms with Crippen LogP contribution in [0.1, 0.15) is 60.4 Å². The first-order valence-electron chi connectivity index (χ1n) is 8.15. The summed E-state index contributed by atoms with van der Waals surface area (Å²) in [5.41, 5.74) is -0.404. The number of nitrogens with zero attached hydrogens (tertiary/aromatic N) is 4. The van der Waals surface area contributed by atoms with Crippen LogP contribution in [0, 0.1) is 0 Å². The Bertz CT molecular complexity index is 710. The molecule has 2 aromatic rings. The molecule has 2 heterocycles. The molecule has 0 saturated heterocycles. The van der Waals surface area contributed by atoms with Crippen LogP contribution in [0.5, 0.6) is 0 Å². The minimum absolute atomic E-state index is 0.129. The summed E-state index contributed by atoms with van der Waals surface area (Å²) in [7, 11) is 0. The number of halogens is 3. The number of pyridine rings is 1. The second kappa shape index (κ2) is 7.20. The lowest BCUT2D eigenvalue weighted by molar-refractivity contribution is -0.156. The van der Waals surface area contributed by atoms with Gasteiger partial charge in [0.1, 0.15) is 0 Å². The van der Waals surface area contributed by atoms with Crippen LogP contribution in [0.3, 0.4) is 0 Å². The van der Waals surface area contributed by atoms with E-state index in [9.17, 15) is 18.0 Å². The van der Waals surface area contributed by atoms with Gasteiger partial charge in [0.15, 0.2) is 11.7 Å². The van der Waals surface area contributed by atoms with Crippen molar-refractivity contribution in [2.24, 2.45) is 0 Å². The highest BCUT2D eigenvalue weighted by Crippen LogP contribution is 2.32. The SMILES string of the molecule is O=C(N[C@@H](c1ccccn1)C(F)(F)F)c1cn(C2CCCCC2)nn1. The van der Waals surface area contributed by atoms with Crippen LogP contribution in [0.4, 0.5) is 13.2 Å². The summed E-state index contributed by atoms with van der Waals surface area (Å²) >= 11 is 0. The van der Waals surface area contributed by atoms with Crippen molar-refractivity contribution >= 4 is 5.91 Å². The lowest BCUT2D eigenvalue weighted by Crippen LogP contribution is -2.38. The first-order chi connectivity index (χ1) is 11.9. The largest absolute Gasteiger partial charge is 0.414 e. The molecule has 0 spiro atoms. The zero-order chi connectivity index (χ0) is 17.9. The van der Waals surface area contributed by atoms with Gasteiger partial charge in [0.05, 0.1) is 17.9 Å². The molecule has 134 valence electrons. The summed E-state index contributed by atoms with van der Waals surface area (Å²) < 4.78 is 41.4. The highest BCUT2D eigenvalue weighted by molar-refractivity contribution is 5.92. The molecule has 0 aromatic carbocycles. The summed E-state index contributed by atoms with van der Waals surface area (Å²) in [5.74, 6) is -0.921. The third-order valence-corrected chi connectivity index (χ3v) is 4.28. The van der Waals surface area contributed by atoms with Crippen molar-refractivity contribution in [3.63, 3.8) is 0 Å². The zero-order valence-electron chi connectivity index (χ0n) is 13.4. The zero-order valence-corrected chi connectivity index (χ0v) is 13.4. The van der Waals surface area contributed by atoms with Gasteiger partial charge in [-0.05, 0) is 25.0 Å². The van der Waals surface area contributed by atoms with Crippen LogP contribution in [-0.2, 0) is 0 Å². The number of aromatic nitrogens is 4. The molecule has 1 fully saturated rings. The summed E-state index contributed by atoms with van der Waals surface area (Å²) in [6.45, 7) is 0. The molecule has 1 aliphatic rings. The fourth-order valence-corrected chi connectivity index (χ4v) is 2.98. The molecule has 1 N–H and O–H groups in total. The Kier molecular flexibility index (Phi) is 5.00. The van der Waals surface area contributed by atoms with Crippen LogP contribution in [-0.4, -0.2) is 32.1 Å². The molecule has 0 bridgehead atoms. The van der Waals surface area contributed by atoms with Gasteiger partial charge in [-0.3, -0.25) is 9.78 Å². The van der Waals surface area contributed by atoms with Gasteiger partial charge in [-0.15, -0.1) is 5.10 Å². The standard InChI is InChI=1S/C16H18F3N5O/c17-16(18,19)14(12-8-4-5-9-20-12)21-15(25)13-10-24(23-22-13)11-6-2-1-3-7-11/h4-5,8-11,14H,1-3,6-7H2,(H,21,25)/t14-/m0/s1. The molecule has 0 aliphatic heterocycles. The van der Waals surface area contributed by atoms with Gasteiger partial charge in [0.2, 0.25) is 0 Å². The fraction of sp³-hybridized carbons (Fsp3) is 0.500. The van der Waals surface area contributed by atoms with E-state index >= 15 is 0 Å². The number of hydrogen-bond acceptors (Lipinski definition) is 4. The maximum atomic E-state index is 13.3. The Morgan fingerprint density at radius 2 is 2.00 bits per heavy atom. The smallest absolute Gasteiger partial charge is 0.334 e. The van der Waals surface area contributed by atoms with E-state index in [2.05, 4.69) is 15.3 Å². The third kappa shape index (κ3) is 4.15. The van der Waals surface area contributed by atoms with Crippen molar-refractivity contribution < 1.29 is 18.0 Å². The lowest BCUT2D eigenvalue weighted by atomic mass is 9.96. The molecule has 6 nitrogen and oxygen atoms in total. The van der Waals surface area contributed by atoms with Crippen molar-refractivity contribution in [2.75, 3.05) is 0 Å². The van der Waals surface area contributed by atoms with Gasteiger partial charge in [0.25, 0.3) is 5.91 Å². The Hall–Kier alpha value is -2.45. The van der Waals surface area contributed by atoms with E-state index in [4.69, 9.17) is 0 Å². The van der Waals surface area contributed by atoms with E-state index in [1.807, 2.05) is 5.32 Å². The maximum absolute atomic E-state index is 13.3. The Morgan fingerprint density at radius 1 is 1.24 bits per heavy atom. The topological polar surface area (TPSA) is 72.7 Å². The third-order valence-electron chi connectivity index (χ3n) is 4.28. The van der Waals surface area contributed by atoms with E-state index in [0.717, 1.165) is 32.1 Å². The molecular formula is C16H18F3N5O. The number of carbonyl (C=O) groups excluding carboxylic acids is 1. The minimum atomic E-state index is -4.66. The summed E-state index contributed by atoms with van der Waals surface area (Å²) in [6.07, 6.45) is 3.17. The van der Waals surface area contributed by atoms with Crippen LogP contribution in [0.15, 0.2) is 30.6 Å². The molecule has 0 unspecified atom stereocenters. The van der Waals surface area contributed by atoms with Gasteiger partial charge in [0, 0.05) is 6.20 Å². The lowest BCUT2D eigenvalue weighted by Gasteiger charge is -2.21. The average molecular weight is 353 g/mol. The molecular weight excluding hydrogens is 335 g/mol. The van der Waals surface area contributed by atoms with Crippen LogP contribution < -0.4 is 5.32 Å². The molecule has 2 aromatic heterocycles. The molecule has 25 heavy (non-hydrogen) atoms. The maximum Gasteiger partial charge on any atom is 0.414 e. The highest BCUT2D eigenvalue weighted by Gasteiger charge is 2.43. The minimum Gasteiger partial charge on any atom is -0.334 e. The van der Waals surface area contributed by atoms with E-state index in [1.54, 1.807) is 4.68 Å². The number of hydrogen-bond donors (Lipinski definition) is 1. The fourth-order valence-electron chi connectivity index (χ4n) is 2.98. The molecule has 0 radical (unpaired) electrons. The Labute approximate surface area is 142 Å². The van der Waals surface area contributed by atoms with Gasteiger partial charge < -0.3 is 5.32 Å². The summed E-state index contributed by atoms with van der Waals surface area (Å²) in [6, 6.07) is 2.12. The van der Waals surface area contributed by atoms with Crippen LogP contribution >= 0.6 is 0 Å². The number of rotatable bonds is 4. The number of nitrogens with one attached hydrogen (secondary N) is 1. The molecule has 1 aliphatic carbocycles. The predicted molar refractivity (Wildman–Crippen MR) is 82.6 cm³/mol. The first kappa shape index (κ1) is 17.4. The van der Waals surface area contributed by atoms with Crippen molar-refractivity contribution in [1.82, 2.24) is 25.3 Å². The van der Waals surface area contributed by atoms with Gasteiger partial charge in [-0.2, -0.15) is 13.2 Å². The normalized spacial score (nSPS) is 17.2. The van der Waals surface area contributed by atoms with Gasteiger partial charge in [-0.1, -0.05) is 30.5 Å². The molecule has 1 amide bonds.